The summed E-state index contributed by atoms with van der Waals surface area (Å²) in [5.74, 6) is 0.474. The van der Waals surface area contributed by atoms with Crippen LogP contribution in [0, 0.1) is 6.92 Å². The number of hydrogen-bond donors (Lipinski definition) is 3. The third-order valence-corrected chi connectivity index (χ3v) is 6.65. The molecule has 0 saturated carbocycles. The SMILES string of the molecule is Cc1cc(NS(=O)(=O)c2ccc(C(C)(C)C)cc2)n(-c2cccc3c2ccc(N)[n+]3O)n1. The van der Waals surface area contributed by atoms with E-state index in [0.717, 1.165) is 10.3 Å². The monoisotopic (exact) mass is 452 g/mol. The summed E-state index contributed by atoms with van der Waals surface area (Å²) in [6, 6.07) is 17.1. The van der Waals surface area contributed by atoms with E-state index in [1.807, 2.05) is 12.1 Å². The number of nitrogen functional groups attached to an aromatic ring is 1. The number of nitrogens with two attached hydrogens (primary N) is 1. The molecule has 32 heavy (non-hydrogen) atoms. The van der Waals surface area contributed by atoms with Gasteiger partial charge in [0, 0.05) is 12.1 Å². The molecule has 8 nitrogen and oxygen atoms in total. The van der Waals surface area contributed by atoms with Gasteiger partial charge >= 0.3 is 5.82 Å². The summed E-state index contributed by atoms with van der Waals surface area (Å²) in [7, 11) is -3.85. The fourth-order valence-electron chi connectivity index (χ4n) is 3.55. The number of pyridine rings is 1. The Hall–Kier alpha value is -3.59. The van der Waals surface area contributed by atoms with Crippen LogP contribution < -0.4 is 15.2 Å². The molecule has 0 amide bonds. The molecule has 4 rings (SSSR count). The highest BCUT2D eigenvalue weighted by Gasteiger charge is 2.21. The molecular weight excluding hydrogens is 426 g/mol. The Labute approximate surface area is 186 Å². The lowest BCUT2D eigenvalue weighted by Gasteiger charge is -2.19. The van der Waals surface area contributed by atoms with Crippen LogP contribution in [0.15, 0.2) is 65.6 Å². The van der Waals surface area contributed by atoms with Crippen molar-refractivity contribution >= 4 is 32.6 Å². The number of sulfonamides is 1. The number of nitrogens with zero attached hydrogens (tertiary/aromatic N) is 3. The van der Waals surface area contributed by atoms with Crippen LogP contribution in [-0.4, -0.2) is 23.4 Å². The van der Waals surface area contributed by atoms with E-state index in [1.54, 1.807) is 55.5 Å². The maximum atomic E-state index is 13.1. The van der Waals surface area contributed by atoms with Crippen LogP contribution in [0.25, 0.3) is 16.6 Å². The second-order valence-electron chi connectivity index (χ2n) is 8.74. The average Bonchev–Trinajstić information content (AvgIpc) is 3.09. The summed E-state index contributed by atoms with van der Waals surface area (Å²) in [6.45, 7) is 8.00. The van der Waals surface area contributed by atoms with Gasteiger partial charge in [0.25, 0.3) is 10.0 Å². The van der Waals surface area contributed by atoms with Crippen LogP contribution >= 0.6 is 0 Å². The summed E-state index contributed by atoms with van der Waals surface area (Å²) in [5, 5.41) is 15.4. The van der Waals surface area contributed by atoms with Gasteiger partial charge in [-0.25, -0.2) is 13.1 Å². The van der Waals surface area contributed by atoms with E-state index in [9.17, 15) is 13.6 Å². The Morgan fingerprint density at radius 1 is 1.06 bits per heavy atom. The first-order valence-corrected chi connectivity index (χ1v) is 11.6. The van der Waals surface area contributed by atoms with E-state index in [-0.39, 0.29) is 21.9 Å². The number of fused-ring (bicyclic) bond motifs is 1. The molecule has 0 aliphatic rings. The van der Waals surface area contributed by atoms with Gasteiger partial charge in [-0.15, -0.1) is 0 Å². The first kappa shape index (κ1) is 21.6. The van der Waals surface area contributed by atoms with Crippen molar-refractivity contribution < 1.29 is 18.4 Å². The predicted molar refractivity (Wildman–Crippen MR) is 124 cm³/mol. The maximum Gasteiger partial charge on any atom is 0.312 e. The second kappa shape index (κ2) is 7.52. The third kappa shape index (κ3) is 3.87. The molecule has 4 N–H and O–H groups in total. The molecule has 0 unspecified atom stereocenters. The van der Waals surface area contributed by atoms with Gasteiger partial charge in [0.05, 0.1) is 21.7 Å². The van der Waals surface area contributed by atoms with Crippen LogP contribution in [0.2, 0.25) is 0 Å². The standard InChI is InChI=1S/C23H25N5O3S/c1-15-14-22(26-32(30,31)17-10-8-16(9-11-17)23(2,3)4)27(25-15)19-6-5-7-20-18(19)12-13-21(24)28(20)29/h5-14,24,29H,1-4H3,(H,25,26)/p+1. The van der Waals surface area contributed by atoms with E-state index < -0.39 is 10.0 Å². The highest BCUT2D eigenvalue weighted by molar-refractivity contribution is 7.92. The lowest BCUT2D eigenvalue weighted by atomic mass is 9.87. The van der Waals surface area contributed by atoms with Crippen molar-refractivity contribution in [3.05, 3.63) is 71.9 Å². The molecule has 0 fully saturated rings. The minimum Gasteiger partial charge on any atom is -0.349 e. The minimum atomic E-state index is -3.85. The van der Waals surface area contributed by atoms with E-state index in [4.69, 9.17) is 5.73 Å². The van der Waals surface area contributed by atoms with Crippen molar-refractivity contribution in [1.82, 2.24) is 9.78 Å². The van der Waals surface area contributed by atoms with Gasteiger partial charge in [-0.3, -0.25) is 10.5 Å². The van der Waals surface area contributed by atoms with Crippen LogP contribution in [0.5, 0.6) is 0 Å². The van der Waals surface area contributed by atoms with E-state index in [0.29, 0.717) is 22.3 Å². The van der Waals surface area contributed by atoms with Crippen LogP contribution in [0.1, 0.15) is 32.0 Å². The van der Waals surface area contributed by atoms with Crippen molar-refractivity contribution in [2.45, 2.75) is 38.0 Å². The van der Waals surface area contributed by atoms with E-state index >= 15 is 0 Å². The molecule has 9 heteroatoms. The first-order chi connectivity index (χ1) is 15.0. The highest BCUT2D eigenvalue weighted by Crippen LogP contribution is 2.27. The molecule has 2 heterocycles. The van der Waals surface area contributed by atoms with Gasteiger partial charge < -0.3 is 5.21 Å². The maximum absolute atomic E-state index is 13.1. The van der Waals surface area contributed by atoms with Crippen molar-refractivity contribution in [2.75, 3.05) is 10.5 Å². The molecule has 2 aromatic heterocycles. The van der Waals surface area contributed by atoms with Gasteiger partial charge in [-0.1, -0.05) is 39.0 Å². The fourth-order valence-corrected chi connectivity index (χ4v) is 4.58. The molecule has 0 aliphatic heterocycles. The van der Waals surface area contributed by atoms with Gasteiger partial charge in [-0.2, -0.15) is 5.10 Å². The van der Waals surface area contributed by atoms with Crippen molar-refractivity contribution in [1.29, 1.82) is 0 Å². The normalized spacial score (nSPS) is 12.2. The van der Waals surface area contributed by atoms with Crippen molar-refractivity contribution in [2.24, 2.45) is 0 Å². The molecule has 0 bridgehead atoms. The number of nitrogens with one attached hydrogen (secondary N) is 1. The first-order valence-electron chi connectivity index (χ1n) is 10.1. The van der Waals surface area contributed by atoms with E-state index in [1.165, 1.54) is 4.68 Å². The molecule has 2 aromatic carbocycles. The zero-order valence-electron chi connectivity index (χ0n) is 18.4. The summed E-state index contributed by atoms with van der Waals surface area (Å²) >= 11 is 0. The molecule has 0 radical (unpaired) electrons. The Bertz CT molecular complexity index is 1420. The van der Waals surface area contributed by atoms with Gasteiger partial charge in [0.2, 0.25) is 0 Å². The largest absolute Gasteiger partial charge is 0.349 e. The van der Waals surface area contributed by atoms with Crippen LogP contribution in [-0.2, 0) is 15.4 Å². The predicted octanol–water partition coefficient (Wildman–Crippen LogP) is 3.54. The number of hydrogen-bond acceptors (Lipinski definition) is 5. The third-order valence-electron chi connectivity index (χ3n) is 5.28. The van der Waals surface area contributed by atoms with Crippen molar-refractivity contribution in [3.8, 4) is 5.69 Å². The number of rotatable bonds is 4. The number of aromatic nitrogens is 3. The summed E-state index contributed by atoms with van der Waals surface area (Å²) in [5.41, 5.74) is 8.47. The number of aryl methyl sites for hydroxylation is 1. The fraction of sp³-hybridized carbons (Fsp3) is 0.217. The molecular formula is C23H26N5O3S+. The molecule has 0 atom stereocenters. The molecule has 4 aromatic rings. The lowest BCUT2D eigenvalue weighted by Crippen LogP contribution is -2.34. The number of benzene rings is 2. The summed E-state index contributed by atoms with van der Waals surface area (Å²) in [6.07, 6.45) is 0. The molecule has 166 valence electrons. The Morgan fingerprint density at radius 2 is 1.75 bits per heavy atom. The van der Waals surface area contributed by atoms with Crippen molar-refractivity contribution in [3.63, 3.8) is 0 Å². The van der Waals surface area contributed by atoms with Crippen LogP contribution in [0.3, 0.4) is 0 Å². The quantitative estimate of drug-likeness (QED) is 0.324. The minimum absolute atomic E-state index is 0.0766. The van der Waals surface area contributed by atoms with Gasteiger partial charge in [0.1, 0.15) is 5.82 Å². The smallest absolute Gasteiger partial charge is 0.312 e. The lowest BCUT2D eigenvalue weighted by molar-refractivity contribution is -0.873. The van der Waals surface area contributed by atoms with Gasteiger partial charge in [0.15, 0.2) is 5.52 Å². The zero-order valence-corrected chi connectivity index (χ0v) is 19.2. The summed E-state index contributed by atoms with van der Waals surface area (Å²) < 4.78 is 31.3. The Balaban J connectivity index is 1.77. The number of anilines is 2. The Kier molecular flexibility index (Phi) is 5.09. The second-order valence-corrected chi connectivity index (χ2v) is 10.4. The zero-order chi connectivity index (χ0) is 23.3. The topological polar surface area (TPSA) is 114 Å². The molecule has 0 aliphatic carbocycles. The average molecular weight is 453 g/mol. The van der Waals surface area contributed by atoms with Gasteiger partial charge in [-0.05, 0) is 53.0 Å². The van der Waals surface area contributed by atoms with Crippen LogP contribution in [0.4, 0.5) is 11.6 Å². The molecule has 0 spiro atoms. The molecule has 0 saturated heterocycles. The highest BCUT2D eigenvalue weighted by atomic mass is 32.2. The Morgan fingerprint density at radius 3 is 2.41 bits per heavy atom. The summed E-state index contributed by atoms with van der Waals surface area (Å²) in [4.78, 5) is 0.162. The van der Waals surface area contributed by atoms with E-state index in [2.05, 4.69) is 30.6 Å².